The van der Waals surface area contributed by atoms with Crippen molar-refractivity contribution in [3.8, 4) is 11.4 Å². The first-order chi connectivity index (χ1) is 9.89. The van der Waals surface area contributed by atoms with Gasteiger partial charge >= 0.3 is 0 Å². The topological polar surface area (TPSA) is 33.6 Å². The maximum atomic E-state index is 14.0. The molecule has 0 spiro atoms. The second-order valence-electron chi connectivity index (χ2n) is 6.00. The summed E-state index contributed by atoms with van der Waals surface area (Å²) in [6.45, 7) is 6.19. The van der Waals surface area contributed by atoms with Crippen LogP contribution in [-0.2, 0) is 5.54 Å². The Bertz CT molecular complexity index is 871. The van der Waals surface area contributed by atoms with E-state index in [2.05, 4.69) is 31.0 Å². The summed E-state index contributed by atoms with van der Waals surface area (Å²) in [6.07, 6.45) is 0. The first-order valence-corrected chi connectivity index (χ1v) is 7.16. The number of hydrogen-bond acceptors (Lipinski definition) is 2. The first-order valence-electron chi connectivity index (χ1n) is 6.75. The van der Waals surface area contributed by atoms with Crippen molar-refractivity contribution in [2.75, 3.05) is 0 Å². The number of fused-ring (bicyclic) bond motifs is 1. The third-order valence-electron chi connectivity index (χ3n) is 3.45. The van der Waals surface area contributed by atoms with Gasteiger partial charge in [-0.15, -0.1) is 0 Å². The zero-order valence-electron chi connectivity index (χ0n) is 12.1. The number of H-pyrrole nitrogens is 1. The van der Waals surface area contributed by atoms with E-state index in [1.807, 2.05) is 22.8 Å². The molecular weight excluding hydrogens is 285 g/mol. The highest BCUT2D eigenvalue weighted by Crippen LogP contribution is 2.31. The molecule has 0 aliphatic rings. The normalized spacial score (nSPS) is 12.0. The fraction of sp³-hybridized carbons (Fsp3) is 0.250. The van der Waals surface area contributed by atoms with E-state index in [1.165, 1.54) is 6.07 Å². The van der Waals surface area contributed by atoms with Crippen LogP contribution in [0.5, 0.6) is 0 Å². The summed E-state index contributed by atoms with van der Waals surface area (Å²) in [7, 11) is 0. The minimum atomic E-state index is -0.231. The second-order valence-corrected chi connectivity index (χ2v) is 6.39. The van der Waals surface area contributed by atoms with E-state index in [9.17, 15) is 4.39 Å². The van der Waals surface area contributed by atoms with Gasteiger partial charge in [0.25, 0.3) is 0 Å². The van der Waals surface area contributed by atoms with Gasteiger partial charge in [-0.25, -0.2) is 4.39 Å². The molecule has 0 radical (unpaired) electrons. The van der Waals surface area contributed by atoms with E-state index >= 15 is 0 Å². The second kappa shape index (κ2) is 4.77. The van der Waals surface area contributed by atoms with Gasteiger partial charge in [-0.3, -0.25) is 9.67 Å². The lowest BCUT2D eigenvalue weighted by Gasteiger charge is -2.23. The van der Waals surface area contributed by atoms with E-state index in [0.29, 0.717) is 10.2 Å². The highest BCUT2D eigenvalue weighted by molar-refractivity contribution is 7.71. The van der Waals surface area contributed by atoms with Crippen molar-refractivity contribution in [1.29, 1.82) is 0 Å². The van der Waals surface area contributed by atoms with Crippen molar-refractivity contribution in [3.05, 3.63) is 47.0 Å². The highest BCUT2D eigenvalue weighted by atomic mass is 32.1. The molecule has 3 nitrogen and oxygen atoms in total. The van der Waals surface area contributed by atoms with Crippen molar-refractivity contribution < 1.29 is 4.39 Å². The van der Waals surface area contributed by atoms with Crippen LogP contribution in [0.2, 0.25) is 0 Å². The Morgan fingerprint density at radius 2 is 1.76 bits per heavy atom. The highest BCUT2D eigenvalue weighted by Gasteiger charge is 2.21. The number of aromatic nitrogens is 3. The Labute approximate surface area is 127 Å². The summed E-state index contributed by atoms with van der Waals surface area (Å²) in [6, 6.07) is 10.6. The van der Waals surface area contributed by atoms with Gasteiger partial charge in [0.1, 0.15) is 5.82 Å². The fourth-order valence-corrected chi connectivity index (χ4v) is 2.96. The lowest BCUT2D eigenvalue weighted by Crippen LogP contribution is -2.23. The lowest BCUT2D eigenvalue weighted by molar-refractivity contribution is 0.395. The van der Waals surface area contributed by atoms with Crippen molar-refractivity contribution in [3.63, 3.8) is 0 Å². The van der Waals surface area contributed by atoms with Crippen LogP contribution in [0.3, 0.4) is 0 Å². The van der Waals surface area contributed by atoms with Crippen molar-refractivity contribution in [1.82, 2.24) is 14.8 Å². The van der Waals surface area contributed by atoms with E-state index in [4.69, 9.17) is 12.2 Å². The van der Waals surface area contributed by atoms with Crippen LogP contribution < -0.4 is 0 Å². The average Bonchev–Trinajstić information content (AvgIpc) is 2.81. The molecule has 0 fully saturated rings. The van der Waals surface area contributed by atoms with E-state index in [1.54, 1.807) is 12.1 Å². The summed E-state index contributed by atoms with van der Waals surface area (Å²) in [5.74, 6) is 0.495. The molecule has 21 heavy (non-hydrogen) atoms. The molecule has 0 saturated heterocycles. The number of benzene rings is 2. The molecule has 0 bridgehead atoms. The van der Waals surface area contributed by atoms with Crippen LogP contribution in [0.1, 0.15) is 20.8 Å². The smallest absolute Gasteiger partial charge is 0.195 e. The van der Waals surface area contributed by atoms with E-state index < -0.39 is 0 Å². The Morgan fingerprint density at radius 3 is 2.43 bits per heavy atom. The molecule has 108 valence electrons. The molecule has 1 N–H and O–H groups in total. The SMILES string of the molecule is CC(C)(C)n1c(-c2ccc(F)c3ccccc23)n[nH]c1=S. The fourth-order valence-electron chi connectivity index (χ4n) is 2.56. The molecule has 3 rings (SSSR count). The molecule has 3 aromatic rings. The Balaban J connectivity index is 2.38. The maximum Gasteiger partial charge on any atom is 0.195 e. The van der Waals surface area contributed by atoms with Crippen LogP contribution >= 0.6 is 12.2 Å². The zero-order valence-corrected chi connectivity index (χ0v) is 13.0. The number of nitrogens with zero attached hydrogens (tertiary/aromatic N) is 2. The summed E-state index contributed by atoms with van der Waals surface area (Å²) in [4.78, 5) is 0. The Kier molecular flexibility index (Phi) is 3.17. The van der Waals surface area contributed by atoms with E-state index in [0.717, 1.165) is 16.8 Å². The Hall–Kier alpha value is -2.01. The summed E-state index contributed by atoms with van der Waals surface area (Å²) < 4.78 is 16.5. The van der Waals surface area contributed by atoms with Gasteiger partial charge in [0.15, 0.2) is 10.6 Å². The Morgan fingerprint density at radius 1 is 1.10 bits per heavy atom. The minimum absolute atomic E-state index is 0.213. The number of hydrogen-bond donors (Lipinski definition) is 1. The van der Waals surface area contributed by atoms with Crippen molar-refractivity contribution >= 4 is 23.0 Å². The van der Waals surface area contributed by atoms with Gasteiger partial charge in [-0.05, 0) is 50.5 Å². The van der Waals surface area contributed by atoms with Crippen LogP contribution in [0.4, 0.5) is 4.39 Å². The monoisotopic (exact) mass is 301 g/mol. The molecule has 0 atom stereocenters. The standard InChI is InChI=1S/C16H16FN3S/c1-16(2,3)20-14(18-19-15(20)21)12-8-9-13(17)11-7-5-4-6-10(11)12/h4-9H,1-3H3,(H,19,21). The van der Waals surface area contributed by atoms with Gasteiger partial charge < -0.3 is 0 Å². The molecule has 0 saturated carbocycles. The molecule has 0 aliphatic carbocycles. The summed E-state index contributed by atoms with van der Waals surface area (Å²) in [5.41, 5.74) is 0.656. The van der Waals surface area contributed by atoms with Gasteiger partial charge in [-0.1, -0.05) is 24.3 Å². The molecule has 0 aliphatic heterocycles. The van der Waals surface area contributed by atoms with Crippen LogP contribution in [0.25, 0.3) is 22.2 Å². The molecule has 0 amide bonds. The van der Waals surface area contributed by atoms with Crippen molar-refractivity contribution in [2.45, 2.75) is 26.3 Å². The molecular formula is C16H16FN3S. The largest absolute Gasteiger partial charge is 0.295 e. The number of aromatic amines is 1. The maximum absolute atomic E-state index is 14.0. The van der Waals surface area contributed by atoms with Crippen molar-refractivity contribution in [2.24, 2.45) is 0 Å². The predicted molar refractivity (Wildman–Crippen MR) is 85.3 cm³/mol. The molecule has 1 heterocycles. The first kappa shape index (κ1) is 13.9. The van der Waals surface area contributed by atoms with Crippen LogP contribution in [-0.4, -0.2) is 14.8 Å². The number of rotatable bonds is 1. The molecule has 1 aromatic heterocycles. The summed E-state index contributed by atoms with van der Waals surface area (Å²) in [5, 5.41) is 8.62. The number of nitrogens with one attached hydrogen (secondary N) is 1. The van der Waals surface area contributed by atoms with Crippen LogP contribution in [0.15, 0.2) is 36.4 Å². The average molecular weight is 301 g/mol. The third kappa shape index (κ3) is 2.27. The predicted octanol–water partition coefficient (Wildman–Crippen LogP) is 4.65. The molecule has 2 aromatic carbocycles. The summed E-state index contributed by atoms with van der Waals surface area (Å²) >= 11 is 5.34. The van der Waals surface area contributed by atoms with E-state index in [-0.39, 0.29) is 11.4 Å². The van der Waals surface area contributed by atoms with Gasteiger partial charge in [0, 0.05) is 16.5 Å². The third-order valence-corrected chi connectivity index (χ3v) is 3.73. The van der Waals surface area contributed by atoms with Gasteiger partial charge in [0.05, 0.1) is 0 Å². The van der Waals surface area contributed by atoms with Crippen LogP contribution in [0, 0.1) is 10.6 Å². The number of halogens is 1. The zero-order chi connectivity index (χ0) is 15.2. The quantitative estimate of drug-likeness (QED) is 0.663. The minimum Gasteiger partial charge on any atom is -0.295 e. The van der Waals surface area contributed by atoms with Gasteiger partial charge in [-0.2, -0.15) is 5.10 Å². The lowest BCUT2D eigenvalue weighted by atomic mass is 10.0. The van der Waals surface area contributed by atoms with Gasteiger partial charge in [0.2, 0.25) is 0 Å². The molecule has 5 heteroatoms. The molecule has 0 unspecified atom stereocenters.